The van der Waals surface area contributed by atoms with Crippen LogP contribution in [0, 0.1) is 5.92 Å². The predicted molar refractivity (Wildman–Crippen MR) is 116 cm³/mol. The molecule has 6 nitrogen and oxygen atoms in total. The van der Waals surface area contributed by atoms with Crippen molar-refractivity contribution < 1.29 is 18.0 Å². The van der Waals surface area contributed by atoms with Gasteiger partial charge in [-0.05, 0) is 41.8 Å². The Labute approximate surface area is 175 Å². The number of thioether (sulfide) groups is 1. The minimum atomic E-state index is -3.69. The summed E-state index contributed by atoms with van der Waals surface area (Å²) in [5, 5.41) is 5.46. The van der Waals surface area contributed by atoms with E-state index in [1.165, 1.54) is 23.9 Å². The highest BCUT2D eigenvalue weighted by Crippen LogP contribution is 2.33. The van der Waals surface area contributed by atoms with E-state index in [0.29, 0.717) is 23.0 Å². The van der Waals surface area contributed by atoms with Crippen LogP contribution in [0.4, 0.5) is 11.4 Å². The topological polar surface area (TPSA) is 92.3 Å². The first-order valence-electron chi connectivity index (χ1n) is 9.36. The first-order valence-corrected chi connectivity index (χ1v) is 12.0. The van der Waals surface area contributed by atoms with Gasteiger partial charge in [0.25, 0.3) is 0 Å². The zero-order valence-electron chi connectivity index (χ0n) is 16.6. The predicted octanol–water partition coefficient (Wildman–Crippen LogP) is 3.90. The third-order valence-electron chi connectivity index (χ3n) is 4.70. The fourth-order valence-electron chi connectivity index (χ4n) is 2.97. The number of benzene rings is 2. The molecule has 154 valence electrons. The van der Waals surface area contributed by atoms with Crippen LogP contribution < -0.4 is 10.6 Å². The fraction of sp³-hybridized carbons (Fsp3) is 0.333. The van der Waals surface area contributed by atoms with Crippen LogP contribution in [0.15, 0.2) is 52.3 Å². The Bertz CT molecular complexity index is 1030. The lowest BCUT2D eigenvalue weighted by molar-refractivity contribution is -0.118. The Morgan fingerprint density at radius 2 is 1.83 bits per heavy atom. The number of amides is 2. The number of hydrogen-bond donors (Lipinski definition) is 2. The van der Waals surface area contributed by atoms with Gasteiger partial charge >= 0.3 is 0 Å². The average molecular weight is 433 g/mol. The second-order valence-electron chi connectivity index (χ2n) is 7.44. The molecule has 0 fully saturated rings. The summed E-state index contributed by atoms with van der Waals surface area (Å²) in [5.41, 5.74) is 2.29. The minimum absolute atomic E-state index is 0.0972. The Kier molecular flexibility index (Phi) is 6.33. The van der Waals surface area contributed by atoms with Gasteiger partial charge in [-0.1, -0.05) is 32.9 Å². The number of carbonyl (C=O) groups is 2. The molecular weight excluding hydrogens is 408 g/mol. The first kappa shape index (κ1) is 21.4. The molecule has 0 aromatic heterocycles. The SMILES string of the molecule is CC(CS(=O)(=O)c1ccc2c(c1)NC(=O)CS2)C(=O)Nc1ccc(C(C)C)cc1. The van der Waals surface area contributed by atoms with Crippen molar-refractivity contribution in [3.05, 3.63) is 48.0 Å². The Morgan fingerprint density at radius 3 is 2.48 bits per heavy atom. The summed E-state index contributed by atoms with van der Waals surface area (Å²) in [6.07, 6.45) is 0. The molecule has 2 amide bonds. The van der Waals surface area contributed by atoms with E-state index < -0.39 is 15.8 Å². The van der Waals surface area contributed by atoms with E-state index in [2.05, 4.69) is 24.5 Å². The number of fused-ring (bicyclic) bond motifs is 1. The lowest BCUT2D eigenvalue weighted by atomic mass is 10.0. The van der Waals surface area contributed by atoms with Crippen molar-refractivity contribution in [1.29, 1.82) is 0 Å². The fourth-order valence-corrected chi connectivity index (χ4v) is 5.34. The molecule has 2 aromatic rings. The van der Waals surface area contributed by atoms with Crippen LogP contribution in [0.5, 0.6) is 0 Å². The number of anilines is 2. The lowest BCUT2D eigenvalue weighted by Gasteiger charge is -2.18. The molecule has 1 aliphatic rings. The van der Waals surface area contributed by atoms with Gasteiger partial charge in [0, 0.05) is 16.5 Å². The van der Waals surface area contributed by atoms with Gasteiger partial charge in [-0.25, -0.2) is 8.42 Å². The van der Waals surface area contributed by atoms with Crippen molar-refractivity contribution in [3.8, 4) is 0 Å². The monoisotopic (exact) mass is 432 g/mol. The molecule has 29 heavy (non-hydrogen) atoms. The van der Waals surface area contributed by atoms with Crippen LogP contribution >= 0.6 is 11.8 Å². The number of carbonyl (C=O) groups excluding carboxylic acids is 2. The molecule has 1 atom stereocenters. The normalized spacial score (nSPS) is 14.8. The molecule has 2 N–H and O–H groups in total. The maximum Gasteiger partial charge on any atom is 0.234 e. The molecule has 3 rings (SSSR count). The zero-order valence-corrected chi connectivity index (χ0v) is 18.2. The van der Waals surface area contributed by atoms with E-state index in [1.807, 2.05) is 24.3 Å². The quantitative estimate of drug-likeness (QED) is 0.722. The maximum absolute atomic E-state index is 12.8. The molecule has 0 spiro atoms. The Hall–Kier alpha value is -2.32. The summed E-state index contributed by atoms with van der Waals surface area (Å²) in [6.45, 7) is 5.77. The smallest absolute Gasteiger partial charge is 0.234 e. The van der Waals surface area contributed by atoms with Crippen molar-refractivity contribution in [2.24, 2.45) is 5.92 Å². The lowest BCUT2D eigenvalue weighted by Crippen LogP contribution is -2.27. The van der Waals surface area contributed by atoms with Crippen LogP contribution in [0.1, 0.15) is 32.3 Å². The van der Waals surface area contributed by atoms with E-state index in [-0.39, 0.29) is 22.5 Å². The maximum atomic E-state index is 12.8. The molecule has 0 aliphatic carbocycles. The first-order chi connectivity index (χ1) is 13.7. The molecule has 0 saturated heterocycles. The molecule has 1 heterocycles. The van der Waals surface area contributed by atoms with E-state index in [4.69, 9.17) is 0 Å². The summed E-state index contributed by atoms with van der Waals surface area (Å²) in [7, 11) is -3.69. The van der Waals surface area contributed by atoms with Gasteiger partial charge in [-0.3, -0.25) is 9.59 Å². The standard InChI is InChI=1S/C21H24N2O4S2/c1-13(2)15-4-6-16(7-5-15)22-21(25)14(3)12-29(26,27)17-8-9-19-18(10-17)23-20(24)11-28-19/h4-10,13-14H,11-12H2,1-3H3,(H,22,25)(H,23,24). The number of hydrogen-bond acceptors (Lipinski definition) is 5. The molecule has 2 aromatic carbocycles. The van der Waals surface area contributed by atoms with Crippen molar-refractivity contribution in [2.45, 2.75) is 36.5 Å². The second kappa shape index (κ2) is 8.59. The zero-order chi connectivity index (χ0) is 21.2. The highest BCUT2D eigenvalue weighted by atomic mass is 32.2. The van der Waals surface area contributed by atoms with Crippen LogP contribution in [-0.2, 0) is 19.4 Å². The van der Waals surface area contributed by atoms with Crippen molar-refractivity contribution >= 4 is 44.8 Å². The molecule has 1 aliphatic heterocycles. The van der Waals surface area contributed by atoms with Gasteiger partial charge in [0.1, 0.15) is 0 Å². The van der Waals surface area contributed by atoms with Gasteiger partial charge in [-0.15, -0.1) is 11.8 Å². The number of nitrogens with one attached hydrogen (secondary N) is 2. The Morgan fingerprint density at radius 1 is 1.14 bits per heavy atom. The van der Waals surface area contributed by atoms with Gasteiger partial charge in [0.05, 0.1) is 22.1 Å². The summed E-state index contributed by atoms with van der Waals surface area (Å²) in [4.78, 5) is 25.0. The van der Waals surface area contributed by atoms with Crippen LogP contribution in [0.3, 0.4) is 0 Å². The van der Waals surface area contributed by atoms with Crippen molar-refractivity contribution in [1.82, 2.24) is 0 Å². The minimum Gasteiger partial charge on any atom is -0.326 e. The number of rotatable bonds is 6. The molecule has 1 unspecified atom stereocenters. The summed E-state index contributed by atoms with van der Waals surface area (Å²) < 4.78 is 25.6. The van der Waals surface area contributed by atoms with E-state index in [1.54, 1.807) is 13.0 Å². The van der Waals surface area contributed by atoms with Crippen LogP contribution in [0.2, 0.25) is 0 Å². The van der Waals surface area contributed by atoms with Crippen molar-refractivity contribution in [3.63, 3.8) is 0 Å². The van der Waals surface area contributed by atoms with Gasteiger partial charge in [0.15, 0.2) is 9.84 Å². The highest BCUT2D eigenvalue weighted by Gasteiger charge is 2.25. The van der Waals surface area contributed by atoms with Crippen LogP contribution in [0.25, 0.3) is 0 Å². The van der Waals surface area contributed by atoms with Gasteiger partial charge in [-0.2, -0.15) is 0 Å². The van der Waals surface area contributed by atoms with Gasteiger partial charge < -0.3 is 10.6 Å². The van der Waals surface area contributed by atoms with Gasteiger partial charge in [0.2, 0.25) is 11.8 Å². The van der Waals surface area contributed by atoms with Crippen molar-refractivity contribution in [2.75, 3.05) is 22.1 Å². The molecule has 0 bridgehead atoms. The highest BCUT2D eigenvalue weighted by molar-refractivity contribution is 8.00. The second-order valence-corrected chi connectivity index (χ2v) is 10.5. The largest absolute Gasteiger partial charge is 0.326 e. The molecule has 0 saturated carbocycles. The third kappa shape index (κ3) is 5.19. The molecular formula is C21H24N2O4S2. The van der Waals surface area contributed by atoms with E-state index >= 15 is 0 Å². The Balaban J connectivity index is 1.68. The third-order valence-corrected chi connectivity index (χ3v) is 7.69. The molecule has 0 radical (unpaired) electrons. The summed E-state index contributed by atoms with van der Waals surface area (Å²) >= 11 is 1.37. The number of sulfone groups is 1. The van der Waals surface area contributed by atoms with Crippen LogP contribution in [-0.4, -0.2) is 31.7 Å². The van der Waals surface area contributed by atoms with E-state index in [0.717, 1.165) is 10.5 Å². The average Bonchev–Trinajstić information content (AvgIpc) is 2.67. The summed E-state index contributed by atoms with van der Waals surface area (Å²) in [5.74, 6) is -0.855. The molecule has 8 heteroatoms. The van der Waals surface area contributed by atoms with E-state index in [9.17, 15) is 18.0 Å². The summed E-state index contributed by atoms with van der Waals surface area (Å²) in [6, 6.07) is 12.2.